The molecule has 0 aliphatic rings. The van der Waals surface area contributed by atoms with E-state index in [-0.39, 0.29) is 19.1 Å². The van der Waals surface area contributed by atoms with Crippen LogP contribution in [0.4, 0.5) is 10.6 Å². The predicted molar refractivity (Wildman–Crippen MR) is 103 cm³/mol. The summed E-state index contributed by atoms with van der Waals surface area (Å²) in [7, 11) is 0. The lowest BCUT2D eigenvalue weighted by atomic mass is 10.1. The second kappa shape index (κ2) is 8.76. The number of aromatic nitrogens is 3. The predicted octanol–water partition coefficient (Wildman–Crippen LogP) is 2.69. The van der Waals surface area contributed by atoms with Crippen LogP contribution < -0.4 is 15.4 Å². The van der Waals surface area contributed by atoms with Gasteiger partial charge >= 0.3 is 12.0 Å². The number of benzene rings is 1. The highest BCUT2D eigenvalue weighted by molar-refractivity contribution is 5.89. The fourth-order valence-electron chi connectivity index (χ4n) is 2.41. The first kappa shape index (κ1) is 19.0. The molecule has 2 amide bonds. The van der Waals surface area contributed by atoms with Gasteiger partial charge in [-0.15, -0.1) is 0 Å². The molecule has 1 aromatic carbocycles. The van der Waals surface area contributed by atoms with Gasteiger partial charge < -0.3 is 15.2 Å². The van der Waals surface area contributed by atoms with Crippen LogP contribution in [0.1, 0.15) is 13.3 Å². The number of aliphatic carboxylic acids is 1. The maximum absolute atomic E-state index is 11.6. The molecule has 3 aromatic rings. The molecule has 0 atom stereocenters. The molecule has 3 rings (SSSR count). The number of carboxylic acids is 1. The van der Waals surface area contributed by atoms with Gasteiger partial charge in [-0.3, -0.25) is 15.1 Å². The first-order valence-corrected chi connectivity index (χ1v) is 8.69. The van der Waals surface area contributed by atoms with Crippen LogP contribution in [0.25, 0.3) is 22.4 Å². The van der Waals surface area contributed by atoms with Crippen LogP contribution in [0.15, 0.2) is 42.6 Å². The van der Waals surface area contributed by atoms with E-state index in [1.165, 1.54) is 0 Å². The number of pyridine rings is 1. The van der Waals surface area contributed by atoms with E-state index in [0.717, 1.165) is 5.56 Å². The number of carbonyl (C=O) groups excluding carboxylic acids is 1. The summed E-state index contributed by atoms with van der Waals surface area (Å²) in [6.45, 7) is 2.45. The average molecular weight is 381 g/mol. The number of rotatable bonds is 7. The van der Waals surface area contributed by atoms with E-state index in [2.05, 4.69) is 25.6 Å². The van der Waals surface area contributed by atoms with Crippen LogP contribution >= 0.6 is 0 Å². The highest BCUT2D eigenvalue weighted by atomic mass is 16.5. The fraction of sp³-hybridized carbons (Fsp3) is 0.211. The number of urea groups is 1. The molecular weight excluding hydrogens is 362 g/mol. The van der Waals surface area contributed by atoms with Crippen molar-refractivity contribution in [2.75, 3.05) is 18.5 Å². The molecular formula is C19H19N5O4. The van der Waals surface area contributed by atoms with Crippen molar-refractivity contribution in [2.24, 2.45) is 0 Å². The highest BCUT2D eigenvalue weighted by Crippen LogP contribution is 2.22. The summed E-state index contributed by atoms with van der Waals surface area (Å²) in [5, 5.41) is 13.9. The SMILES string of the molecule is CCNC(=O)Nc1ccc2ncc(-c3ccc(OCCC(=O)O)cc3)nc2n1. The fourth-order valence-corrected chi connectivity index (χ4v) is 2.41. The topological polar surface area (TPSA) is 126 Å². The Morgan fingerprint density at radius 3 is 2.61 bits per heavy atom. The maximum Gasteiger partial charge on any atom is 0.320 e. The van der Waals surface area contributed by atoms with Crippen molar-refractivity contribution < 1.29 is 19.4 Å². The van der Waals surface area contributed by atoms with Gasteiger partial charge in [0, 0.05) is 12.1 Å². The molecule has 144 valence electrons. The van der Waals surface area contributed by atoms with Crippen molar-refractivity contribution in [3.8, 4) is 17.0 Å². The molecule has 0 unspecified atom stereocenters. The number of hydrogen-bond donors (Lipinski definition) is 3. The summed E-state index contributed by atoms with van der Waals surface area (Å²) in [5.74, 6) is 0.0500. The van der Waals surface area contributed by atoms with Gasteiger partial charge in [-0.2, -0.15) is 0 Å². The lowest BCUT2D eigenvalue weighted by molar-refractivity contribution is -0.137. The standard InChI is InChI=1S/C19H19N5O4/c1-2-20-19(27)24-16-8-7-14-18(23-16)22-15(11-21-14)12-3-5-13(6-4-12)28-10-9-17(25)26/h3-8,11H,2,9-10H2,1H3,(H,25,26)(H2,20,22,23,24,27). The third-order valence-corrected chi connectivity index (χ3v) is 3.72. The molecule has 28 heavy (non-hydrogen) atoms. The average Bonchev–Trinajstić information content (AvgIpc) is 2.68. The van der Waals surface area contributed by atoms with Gasteiger partial charge in [-0.25, -0.2) is 14.8 Å². The number of carbonyl (C=O) groups is 2. The second-order valence-corrected chi connectivity index (χ2v) is 5.80. The molecule has 0 radical (unpaired) electrons. The highest BCUT2D eigenvalue weighted by Gasteiger charge is 2.07. The van der Waals surface area contributed by atoms with Crippen molar-refractivity contribution in [3.05, 3.63) is 42.6 Å². The Balaban J connectivity index is 1.77. The minimum absolute atomic E-state index is 0.0593. The summed E-state index contributed by atoms with van der Waals surface area (Å²) in [4.78, 5) is 35.4. The zero-order valence-corrected chi connectivity index (χ0v) is 15.2. The quantitative estimate of drug-likeness (QED) is 0.574. The molecule has 0 fully saturated rings. The first-order valence-electron chi connectivity index (χ1n) is 8.69. The third-order valence-electron chi connectivity index (χ3n) is 3.72. The van der Waals surface area contributed by atoms with Gasteiger partial charge in [0.1, 0.15) is 17.1 Å². The molecule has 0 bridgehead atoms. The number of nitrogens with zero attached hydrogens (tertiary/aromatic N) is 3. The number of anilines is 1. The molecule has 0 saturated carbocycles. The van der Waals surface area contributed by atoms with Crippen molar-refractivity contribution in [1.82, 2.24) is 20.3 Å². The van der Waals surface area contributed by atoms with Crippen LogP contribution in [-0.2, 0) is 4.79 Å². The van der Waals surface area contributed by atoms with Crippen molar-refractivity contribution in [1.29, 1.82) is 0 Å². The van der Waals surface area contributed by atoms with Gasteiger partial charge in [-0.05, 0) is 43.3 Å². The Kier molecular flexibility index (Phi) is 5.95. The Hall–Kier alpha value is -3.75. The Labute approximate surface area is 160 Å². The molecule has 0 spiro atoms. The first-order chi connectivity index (χ1) is 13.5. The minimum atomic E-state index is -0.906. The zero-order valence-electron chi connectivity index (χ0n) is 15.2. The number of nitrogens with one attached hydrogen (secondary N) is 2. The molecule has 0 aliphatic carbocycles. The number of amides is 2. The van der Waals surface area contributed by atoms with E-state index in [1.54, 1.807) is 30.5 Å². The van der Waals surface area contributed by atoms with Crippen LogP contribution in [0, 0.1) is 0 Å². The Morgan fingerprint density at radius 1 is 1.11 bits per heavy atom. The normalized spacial score (nSPS) is 10.5. The van der Waals surface area contributed by atoms with E-state index in [4.69, 9.17) is 9.84 Å². The van der Waals surface area contributed by atoms with Gasteiger partial charge in [0.25, 0.3) is 0 Å². The molecule has 2 aromatic heterocycles. The third kappa shape index (κ3) is 4.91. The summed E-state index contributed by atoms with van der Waals surface area (Å²) < 4.78 is 5.38. The molecule has 0 saturated heterocycles. The van der Waals surface area contributed by atoms with Gasteiger partial charge in [-0.1, -0.05) is 0 Å². The maximum atomic E-state index is 11.6. The Bertz CT molecular complexity index is 991. The summed E-state index contributed by atoms with van der Waals surface area (Å²) in [6.07, 6.45) is 1.58. The van der Waals surface area contributed by atoms with E-state index in [0.29, 0.717) is 35.0 Å². The molecule has 3 N–H and O–H groups in total. The second-order valence-electron chi connectivity index (χ2n) is 5.80. The van der Waals surface area contributed by atoms with E-state index < -0.39 is 5.97 Å². The molecule has 9 nitrogen and oxygen atoms in total. The van der Waals surface area contributed by atoms with Crippen molar-refractivity contribution >= 4 is 29.0 Å². The van der Waals surface area contributed by atoms with E-state index in [9.17, 15) is 9.59 Å². The monoisotopic (exact) mass is 381 g/mol. The summed E-state index contributed by atoms with van der Waals surface area (Å²) in [5.41, 5.74) is 2.45. The molecule has 9 heteroatoms. The van der Waals surface area contributed by atoms with Crippen molar-refractivity contribution in [2.45, 2.75) is 13.3 Å². The number of ether oxygens (including phenoxy) is 1. The van der Waals surface area contributed by atoms with Crippen LogP contribution in [0.3, 0.4) is 0 Å². The van der Waals surface area contributed by atoms with E-state index in [1.807, 2.05) is 19.1 Å². The number of carboxylic acid groups (broad SMARTS) is 1. The lowest BCUT2D eigenvalue weighted by Gasteiger charge is -2.07. The summed E-state index contributed by atoms with van der Waals surface area (Å²) in [6, 6.07) is 10.2. The largest absolute Gasteiger partial charge is 0.493 e. The summed E-state index contributed by atoms with van der Waals surface area (Å²) >= 11 is 0. The Morgan fingerprint density at radius 2 is 1.89 bits per heavy atom. The van der Waals surface area contributed by atoms with Crippen LogP contribution in [0.2, 0.25) is 0 Å². The number of fused-ring (bicyclic) bond motifs is 1. The van der Waals surface area contributed by atoms with Crippen LogP contribution in [0.5, 0.6) is 5.75 Å². The molecule has 0 aliphatic heterocycles. The number of hydrogen-bond acceptors (Lipinski definition) is 6. The van der Waals surface area contributed by atoms with Crippen molar-refractivity contribution in [3.63, 3.8) is 0 Å². The minimum Gasteiger partial charge on any atom is -0.493 e. The lowest BCUT2D eigenvalue weighted by Crippen LogP contribution is -2.28. The van der Waals surface area contributed by atoms with Gasteiger partial charge in [0.2, 0.25) is 0 Å². The van der Waals surface area contributed by atoms with Gasteiger partial charge in [0.15, 0.2) is 5.65 Å². The smallest absolute Gasteiger partial charge is 0.320 e. The van der Waals surface area contributed by atoms with E-state index >= 15 is 0 Å². The zero-order chi connectivity index (χ0) is 19.9. The van der Waals surface area contributed by atoms with Crippen LogP contribution in [-0.4, -0.2) is 45.2 Å². The molecule has 2 heterocycles. The van der Waals surface area contributed by atoms with Gasteiger partial charge in [0.05, 0.1) is 24.9 Å².